The van der Waals surface area contributed by atoms with Crippen LogP contribution in [0.4, 0.5) is 0 Å². The van der Waals surface area contributed by atoms with Crippen molar-refractivity contribution in [1.82, 2.24) is 15.1 Å². The summed E-state index contributed by atoms with van der Waals surface area (Å²) in [6, 6.07) is 8.93. The SMILES string of the molecule is CC(C)NC(=O)CN1CCN(C(=O)c2ccccc2)CC1=O. The van der Waals surface area contributed by atoms with Gasteiger partial charge in [0.25, 0.3) is 5.91 Å². The molecule has 1 aromatic carbocycles. The Morgan fingerprint density at radius 1 is 1.18 bits per heavy atom. The molecule has 2 rings (SSSR count). The molecule has 6 nitrogen and oxygen atoms in total. The third-order valence-electron chi connectivity index (χ3n) is 3.41. The first-order valence-electron chi connectivity index (χ1n) is 7.39. The predicted molar refractivity (Wildman–Crippen MR) is 82.2 cm³/mol. The van der Waals surface area contributed by atoms with Crippen LogP contribution in [0.3, 0.4) is 0 Å². The lowest BCUT2D eigenvalue weighted by atomic mass is 10.2. The van der Waals surface area contributed by atoms with Crippen LogP contribution in [0, 0.1) is 0 Å². The third kappa shape index (κ3) is 4.07. The molecule has 1 aliphatic heterocycles. The van der Waals surface area contributed by atoms with Gasteiger partial charge in [-0.3, -0.25) is 14.4 Å². The number of hydrogen-bond acceptors (Lipinski definition) is 3. The second-order valence-corrected chi connectivity index (χ2v) is 5.63. The monoisotopic (exact) mass is 303 g/mol. The second-order valence-electron chi connectivity index (χ2n) is 5.63. The summed E-state index contributed by atoms with van der Waals surface area (Å²) in [5.41, 5.74) is 0.571. The van der Waals surface area contributed by atoms with E-state index in [4.69, 9.17) is 0 Å². The maximum Gasteiger partial charge on any atom is 0.254 e. The molecule has 1 N–H and O–H groups in total. The van der Waals surface area contributed by atoms with Gasteiger partial charge in [-0.15, -0.1) is 0 Å². The Hall–Kier alpha value is -2.37. The van der Waals surface area contributed by atoms with Gasteiger partial charge in [-0.1, -0.05) is 18.2 Å². The van der Waals surface area contributed by atoms with Crippen molar-refractivity contribution in [3.8, 4) is 0 Å². The highest BCUT2D eigenvalue weighted by atomic mass is 16.2. The molecule has 0 aliphatic carbocycles. The molecule has 0 atom stereocenters. The number of carbonyl (C=O) groups excluding carboxylic acids is 3. The standard InChI is InChI=1S/C16H21N3O3/c1-12(2)17-14(20)10-18-8-9-19(11-15(18)21)16(22)13-6-4-3-5-7-13/h3-7,12H,8-11H2,1-2H3,(H,17,20). The molecule has 3 amide bonds. The fraction of sp³-hybridized carbons (Fsp3) is 0.438. The van der Waals surface area contributed by atoms with Crippen LogP contribution in [0.25, 0.3) is 0 Å². The van der Waals surface area contributed by atoms with Crippen LogP contribution in [0.2, 0.25) is 0 Å². The largest absolute Gasteiger partial charge is 0.352 e. The summed E-state index contributed by atoms with van der Waals surface area (Å²) in [4.78, 5) is 39.1. The normalized spacial score (nSPS) is 15.1. The van der Waals surface area contributed by atoms with Crippen molar-refractivity contribution in [2.75, 3.05) is 26.2 Å². The van der Waals surface area contributed by atoms with Gasteiger partial charge >= 0.3 is 0 Å². The van der Waals surface area contributed by atoms with Crippen LogP contribution in [0.15, 0.2) is 30.3 Å². The van der Waals surface area contributed by atoms with Crippen molar-refractivity contribution in [3.63, 3.8) is 0 Å². The van der Waals surface area contributed by atoms with Crippen molar-refractivity contribution in [2.24, 2.45) is 0 Å². The van der Waals surface area contributed by atoms with E-state index in [2.05, 4.69) is 5.32 Å². The van der Waals surface area contributed by atoms with Gasteiger partial charge in [0.15, 0.2) is 0 Å². The minimum absolute atomic E-state index is 0.0166. The average molecular weight is 303 g/mol. The Morgan fingerprint density at radius 2 is 1.86 bits per heavy atom. The van der Waals surface area contributed by atoms with E-state index in [1.807, 2.05) is 19.9 Å². The number of hydrogen-bond donors (Lipinski definition) is 1. The number of carbonyl (C=O) groups is 3. The molecule has 0 bridgehead atoms. The molecule has 1 fully saturated rings. The van der Waals surface area contributed by atoms with Gasteiger partial charge < -0.3 is 15.1 Å². The van der Waals surface area contributed by atoms with Crippen molar-refractivity contribution < 1.29 is 14.4 Å². The lowest BCUT2D eigenvalue weighted by Crippen LogP contribution is -2.54. The van der Waals surface area contributed by atoms with E-state index in [-0.39, 0.29) is 36.9 Å². The topological polar surface area (TPSA) is 69.7 Å². The van der Waals surface area contributed by atoms with Crippen LogP contribution in [0.1, 0.15) is 24.2 Å². The summed E-state index contributed by atoms with van der Waals surface area (Å²) >= 11 is 0. The number of piperazine rings is 1. The fourth-order valence-electron chi connectivity index (χ4n) is 2.35. The van der Waals surface area contributed by atoms with Crippen LogP contribution >= 0.6 is 0 Å². The minimum atomic E-state index is -0.200. The Labute approximate surface area is 130 Å². The number of rotatable bonds is 4. The highest BCUT2D eigenvalue weighted by Gasteiger charge is 2.28. The van der Waals surface area contributed by atoms with Gasteiger partial charge in [0.05, 0.1) is 6.54 Å². The van der Waals surface area contributed by atoms with Gasteiger partial charge in [0, 0.05) is 24.7 Å². The molecule has 0 saturated carbocycles. The van der Waals surface area contributed by atoms with E-state index in [1.54, 1.807) is 24.3 Å². The van der Waals surface area contributed by atoms with E-state index >= 15 is 0 Å². The van der Waals surface area contributed by atoms with Gasteiger partial charge in [0.2, 0.25) is 11.8 Å². The van der Waals surface area contributed by atoms with E-state index in [9.17, 15) is 14.4 Å². The van der Waals surface area contributed by atoms with Crippen LogP contribution in [-0.4, -0.2) is 59.7 Å². The molecule has 6 heteroatoms. The van der Waals surface area contributed by atoms with Crippen LogP contribution < -0.4 is 5.32 Å². The maximum absolute atomic E-state index is 12.3. The van der Waals surface area contributed by atoms with E-state index in [0.29, 0.717) is 18.7 Å². The fourth-order valence-corrected chi connectivity index (χ4v) is 2.35. The first-order valence-corrected chi connectivity index (χ1v) is 7.39. The molecular weight excluding hydrogens is 282 g/mol. The molecule has 1 aromatic rings. The first kappa shape index (κ1) is 16.0. The third-order valence-corrected chi connectivity index (χ3v) is 3.41. The minimum Gasteiger partial charge on any atom is -0.352 e. The number of amides is 3. The number of benzene rings is 1. The van der Waals surface area contributed by atoms with E-state index in [0.717, 1.165) is 0 Å². The molecule has 0 aromatic heterocycles. The highest BCUT2D eigenvalue weighted by molar-refractivity contribution is 5.97. The number of nitrogens with one attached hydrogen (secondary N) is 1. The zero-order valence-corrected chi connectivity index (χ0v) is 12.9. The Balaban J connectivity index is 1.91. The molecular formula is C16H21N3O3. The van der Waals surface area contributed by atoms with Crippen molar-refractivity contribution >= 4 is 17.7 Å². The van der Waals surface area contributed by atoms with E-state index in [1.165, 1.54) is 9.80 Å². The van der Waals surface area contributed by atoms with Crippen molar-refractivity contribution in [2.45, 2.75) is 19.9 Å². The molecule has 0 spiro atoms. The zero-order valence-electron chi connectivity index (χ0n) is 12.9. The maximum atomic E-state index is 12.3. The predicted octanol–water partition coefficient (Wildman–Crippen LogP) is 0.496. The van der Waals surface area contributed by atoms with Crippen molar-refractivity contribution in [1.29, 1.82) is 0 Å². The molecule has 22 heavy (non-hydrogen) atoms. The van der Waals surface area contributed by atoms with Gasteiger partial charge in [-0.25, -0.2) is 0 Å². The average Bonchev–Trinajstić information content (AvgIpc) is 2.48. The molecule has 1 saturated heterocycles. The highest BCUT2D eigenvalue weighted by Crippen LogP contribution is 2.09. The summed E-state index contributed by atoms with van der Waals surface area (Å²) in [7, 11) is 0. The summed E-state index contributed by atoms with van der Waals surface area (Å²) in [6.45, 7) is 4.62. The lowest BCUT2D eigenvalue weighted by molar-refractivity contribution is -0.139. The second kappa shape index (κ2) is 7.06. The smallest absolute Gasteiger partial charge is 0.254 e. The summed E-state index contributed by atoms with van der Waals surface area (Å²) < 4.78 is 0. The first-order chi connectivity index (χ1) is 10.5. The summed E-state index contributed by atoms with van der Waals surface area (Å²) in [5.74, 6) is -0.527. The Morgan fingerprint density at radius 3 is 2.45 bits per heavy atom. The molecule has 0 unspecified atom stereocenters. The summed E-state index contributed by atoms with van der Waals surface area (Å²) in [5, 5.41) is 2.76. The molecule has 0 radical (unpaired) electrons. The Bertz CT molecular complexity index is 557. The van der Waals surface area contributed by atoms with Gasteiger partial charge in [-0.05, 0) is 26.0 Å². The molecule has 1 heterocycles. The quantitative estimate of drug-likeness (QED) is 0.880. The summed E-state index contributed by atoms with van der Waals surface area (Å²) in [6.07, 6.45) is 0. The zero-order chi connectivity index (χ0) is 16.1. The Kier molecular flexibility index (Phi) is 5.14. The molecule has 1 aliphatic rings. The van der Waals surface area contributed by atoms with Crippen LogP contribution in [-0.2, 0) is 9.59 Å². The van der Waals surface area contributed by atoms with E-state index < -0.39 is 0 Å². The molecule has 118 valence electrons. The van der Waals surface area contributed by atoms with Gasteiger partial charge in [0.1, 0.15) is 6.54 Å². The van der Waals surface area contributed by atoms with Crippen molar-refractivity contribution in [3.05, 3.63) is 35.9 Å². The van der Waals surface area contributed by atoms with Crippen LogP contribution in [0.5, 0.6) is 0 Å². The lowest BCUT2D eigenvalue weighted by Gasteiger charge is -2.34. The number of nitrogens with zero attached hydrogens (tertiary/aromatic N) is 2. The van der Waals surface area contributed by atoms with Gasteiger partial charge in [-0.2, -0.15) is 0 Å².